The lowest BCUT2D eigenvalue weighted by Gasteiger charge is -2.35. The molecule has 4 rings (SSSR count). The second-order valence-electron chi connectivity index (χ2n) is 8.10. The topological polar surface area (TPSA) is 119 Å². The van der Waals surface area contributed by atoms with Crippen LogP contribution in [0.25, 0.3) is 11.5 Å². The summed E-state index contributed by atoms with van der Waals surface area (Å²) in [6, 6.07) is 6.12. The number of aromatic nitrogens is 3. The van der Waals surface area contributed by atoms with Crippen molar-refractivity contribution >= 4 is 30.7 Å². The largest absolute Gasteiger partial charge is 0.381 e. The number of halogens is 2. The third-order valence-corrected chi connectivity index (χ3v) is 5.89. The summed E-state index contributed by atoms with van der Waals surface area (Å²) in [5.74, 6) is 0.975. The normalized spacial score (nSPS) is 22.3. The fourth-order valence-electron chi connectivity index (χ4n) is 4.21. The number of rotatable bonds is 6. The molecular weight excluding hydrogens is 455 g/mol. The van der Waals surface area contributed by atoms with E-state index in [0.717, 1.165) is 52.0 Å². The van der Waals surface area contributed by atoms with Gasteiger partial charge in [0.15, 0.2) is 0 Å². The van der Waals surface area contributed by atoms with E-state index in [4.69, 9.17) is 15.0 Å². The number of hydrogen-bond donors (Lipinski definition) is 2. The number of nitrogens with two attached hydrogens (primary N) is 1. The number of pyridine rings is 1. The van der Waals surface area contributed by atoms with Crippen molar-refractivity contribution in [2.75, 3.05) is 32.8 Å². The molecule has 0 bridgehead atoms. The summed E-state index contributed by atoms with van der Waals surface area (Å²) < 4.78 is 10.8. The summed E-state index contributed by atoms with van der Waals surface area (Å²) in [5, 5.41) is 7.01. The molecule has 3 N–H and O–H groups in total. The number of ether oxygens (including phenoxy) is 1. The van der Waals surface area contributed by atoms with Gasteiger partial charge < -0.3 is 20.3 Å². The highest BCUT2D eigenvalue weighted by atomic mass is 35.5. The lowest BCUT2D eigenvalue weighted by atomic mass is 10.0. The molecule has 2 saturated heterocycles. The molecule has 2 aromatic heterocycles. The van der Waals surface area contributed by atoms with E-state index in [9.17, 15) is 4.79 Å². The second-order valence-corrected chi connectivity index (χ2v) is 8.10. The minimum absolute atomic E-state index is 0. The van der Waals surface area contributed by atoms with E-state index in [2.05, 4.69) is 25.3 Å². The lowest BCUT2D eigenvalue weighted by Crippen LogP contribution is -2.47. The van der Waals surface area contributed by atoms with Crippen molar-refractivity contribution < 1.29 is 14.1 Å². The van der Waals surface area contributed by atoms with Crippen molar-refractivity contribution in [2.24, 2.45) is 11.7 Å². The van der Waals surface area contributed by atoms with Crippen molar-refractivity contribution in [3.8, 4) is 11.5 Å². The first kappa shape index (κ1) is 26.5. The number of nitrogens with zero attached hydrogens (tertiary/aromatic N) is 4. The molecule has 2 fully saturated rings. The van der Waals surface area contributed by atoms with E-state index in [-0.39, 0.29) is 42.7 Å². The van der Waals surface area contributed by atoms with E-state index in [0.29, 0.717) is 36.4 Å². The zero-order valence-electron chi connectivity index (χ0n) is 18.0. The molecule has 0 radical (unpaired) electrons. The number of carbonyl (C=O) groups is 1. The van der Waals surface area contributed by atoms with Crippen molar-refractivity contribution in [3.63, 3.8) is 0 Å². The van der Waals surface area contributed by atoms with Crippen molar-refractivity contribution in [3.05, 3.63) is 30.3 Å². The molecule has 1 amide bonds. The number of amides is 1. The van der Waals surface area contributed by atoms with Gasteiger partial charge in [-0.05, 0) is 37.8 Å². The zero-order chi connectivity index (χ0) is 20.8. The van der Waals surface area contributed by atoms with Gasteiger partial charge in [-0.25, -0.2) is 0 Å². The third kappa shape index (κ3) is 7.11. The Kier molecular flexibility index (Phi) is 10.8. The minimum Gasteiger partial charge on any atom is -0.381 e. The highest BCUT2D eigenvalue weighted by Gasteiger charge is 2.31. The maximum Gasteiger partial charge on any atom is 0.228 e. The van der Waals surface area contributed by atoms with E-state index in [1.165, 1.54) is 0 Å². The first-order chi connectivity index (χ1) is 14.7. The number of nitrogens with one attached hydrogen (secondary N) is 1. The molecule has 178 valence electrons. The molecular formula is C21H32Cl2N6O3. The third-order valence-electron chi connectivity index (χ3n) is 5.89. The van der Waals surface area contributed by atoms with Crippen LogP contribution in [-0.2, 0) is 16.0 Å². The Bertz CT molecular complexity index is 819. The van der Waals surface area contributed by atoms with Crippen LogP contribution in [0.5, 0.6) is 0 Å². The van der Waals surface area contributed by atoms with Crippen molar-refractivity contribution in [1.29, 1.82) is 0 Å². The molecule has 2 atom stereocenters. The van der Waals surface area contributed by atoms with Crippen molar-refractivity contribution in [2.45, 2.75) is 44.2 Å². The molecule has 0 aliphatic carbocycles. The molecule has 0 saturated carbocycles. The SMILES string of the molecule is Cl.Cl.N[C@H]1CC[C@@H](C(=O)NCCc2nc(-c3ccccn3)no2)CN(C2CCOCC2)C1. The Hall–Kier alpha value is -1.78. The molecule has 0 spiro atoms. The first-order valence-electron chi connectivity index (χ1n) is 10.8. The summed E-state index contributed by atoms with van der Waals surface area (Å²) in [6.45, 7) is 3.65. The van der Waals surface area contributed by atoms with E-state index >= 15 is 0 Å². The summed E-state index contributed by atoms with van der Waals surface area (Å²) in [6.07, 6.45) is 5.88. The lowest BCUT2D eigenvalue weighted by molar-refractivity contribution is -0.125. The van der Waals surface area contributed by atoms with Gasteiger partial charge in [-0.15, -0.1) is 24.8 Å². The Balaban J connectivity index is 0.00000181. The number of hydrogen-bond acceptors (Lipinski definition) is 8. The van der Waals surface area contributed by atoms with Gasteiger partial charge in [0.1, 0.15) is 5.69 Å². The van der Waals surface area contributed by atoms with Crippen LogP contribution in [0.4, 0.5) is 0 Å². The summed E-state index contributed by atoms with van der Waals surface area (Å²) >= 11 is 0. The fraction of sp³-hybridized carbons (Fsp3) is 0.619. The highest BCUT2D eigenvalue weighted by molar-refractivity contribution is 5.85. The van der Waals surface area contributed by atoms with Crippen LogP contribution in [0.15, 0.2) is 28.9 Å². The van der Waals surface area contributed by atoms with Gasteiger partial charge in [0.05, 0.1) is 5.92 Å². The average molecular weight is 487 g/mol. The maximum atomic E-state index is 12.8. The van der Waals surface area contributed by atoms with Gasteiger partial charge in [0.25, 0.3) is 0 Å². The predicted octanol–water partition coefficient (Wildman–Crippen LogP) is 1.85. The molecule has 9 nitrogen and oxygen atoms in total. The van der Waals surface area contributed by atoms with Gasteiger partial charge in [-0.2, -0.15) is 4.98 Å². The monoisotopic (exact) mass is 486 g/mol. The smallest absolute Gasteiger partial charge is 0.228 e. The molecule has 0 unspecified atom stereocenters. The molecule has 32 heavy (non-hydrogen) atoms. The molecule has 2 aliphatic rings. The van der Waals surface area contributed by atoms with Gasteiger partial charge in [0, 0.05) is 57.5 Å². The first-order valence-corrected chi connectivity index (χ1v) is 10.8. The van der Waals surface area contributed by atoms with Crippen LogP contribution in [0.2, 0.25) is 0 Å². The Labute approximate surface area is 200 Å². The quantitative estimate of drug-likeness (QED) is 0.634. The average Bonchev–Trinajstić information content (AvgIpc) is 3.16. The van der Waals surface area contributed by atoms with Gasteiger partial charge in [0.2, 0.25) is 17.6 Å². The fourth-order valence-corrected chi connectivity index (χ4v) is 4.21. The predicted molar refractivity (Wildman–Crippen MR) is 125 cm³/mol. The molecule has 0 aromatic carbocycles. The van der Waals surface area contributed by atoms with E-state index in [1.54, 1.807) is 6.20 Å². The molecule has 2 aliphatic heterocycles. The summed E-state index contributed by atoms with van der Waals surface area (Å²) in [5.41, 5.74) is 6.95. The van der Waals surface area contributed by atoms with Crippen molar-refractivity contribution in [1.82, 2.24) is 25.3 Å². The van der Waals surface area contributed by atoms with Gasteiger partial charge >= 0.3 is 0 Å². The number of likely N-dealkylation sites (tertiary alicyclic amines) is 1. The summed E-state index contributed by atoms with van der Waals surface area (Å²) in [7, 11) is 0. The van der Waals surface area contributed by atoms with Crippen LogP contribution >= 0.6 is 24.8 Å². The zero-order valence-corrected chi connectivity index (χ0v) is 19.7. The van der Waals surface area contributed by atoms with Crippen LogP contribution in [0.1, 0.15) is 31.6 Å². The maximum absolute atomic E-state index is 12.8. The second kappa shape index (κ2) is 13.1. The van der Waals surface area contributed by atoms with Crippen LogP contribution in [0, 0.1) is 5.92 Å². The standard InChI is InChI=1S/C21H30N6O3.2ClH/c22-16-5-4-15(13-27(14-16)17-7-11-29-12-8-17)21(28)24-10-6-19-25-20(26-30-19)18-3-1-2-9-23-18;;/h1-3,9,15-17H,4-8,10-14,22H2,(H,24,28);2*1H/t15-,16+;;/m1../s1. The minimum atomic E-state index is -0.0480. The molecule has 11 heteroatoms. The highest BCUT2D eigenvalue weighted by Crippen LogP contribution is 2.22. The van der Waals surface area contributed by atoms with Crippen LogP contribution in [0.3, 0.4) is 0 Å². The Morgan fingerprint density at radius 1 is 1.16 bits per heavy atom. The van der Waals surface area contributed by atoms with Crippen LogP contribution < -0.4 is 11.1 Å². The molecule has 2 aromatic rings. The Morgan fingerprint density at radius 2 is 1.97 bits per heavy atom. The molecule has 4 heterocycles. The van der Waals surface area contributed by atoms with Gasteiger partial charge in [-0.1, -0.05) is 11.2 Å². The number of carbonyl (C=O) groups excluding carboxylic acids is 1. The van der Waals surface area contributed by atoms with Crippen LogP contribution in [-0.4, -0.2) is 70.9 Å². The summed E-state index contributed by atoms with van der Waals surface area (Å²) in [4.78, 5) is 23.8. The van der Waals surface area contributed by atoms with E-state index in [1.807, 2.05) is 18.2 Å². The van der Waals surface area contributed by atoms with Gasteiger partial charge in [-0.3, -0.25) is 14.7 Å². The Morgan fingerprint density at radius 3 is 2.72 bits per heavy atom. The van der Waals surface area contributed by atoms with E-state index < -0.39 is 0 Å².